The second-order valence-electron chi connectivity index (χ2n) is 4.87. The zero-order valence-corrected chi connectivity index (χ0v) is 9.69. The van der Waals surface area contributed by atoms with Gasteiger partial charge in [0.2, 0.25) is 5.67 Å². The summed E-state index contributed by atoms with van der Waals surface area (Å²) in [5, 5.41) is 9.01. The maximum atomic E-state index is 14.3. The van der Waals surface area contributed by atoms with Crippen LogP contribution >= 0.6 is 0 Å². The molecular weight excluding hydrogens is 221 g/mol. The van der Waals surface area contributed by atoms with Crippen molar-refractivity contribution in [2.75, 3.05) is 5.73 Å². The molecule has 0 bridgehead atoms. The first-order valence-electron chi connectivity index (χ1n) is 5.70. The van der Waals surface area contributed by atoms with Crippen molar-refractivity contribution < 1.29 is 14.3 Å². The van der Waals surface area contributed by atoms with Gasteiger partial charge in [-0.2, -0.15) is 0 Å². The summed E-state index contributed by atoms with van der Waals surface area (Å²) in [5.74, 6) is -1.90. The first-order chi connectivity index (χ1) is 7.93. The lowest BCUT2D eigenvalue weighted by atomic mass is 9.81. The molecule has 1 aromatic rings. The molecule has 0 heterocycles. The lowest BCUT2D eigenvalue weighted by Crippen LogP contribution is -2.38. The molecule has 0 saturated heterocycles. The lowest BCUT2D eigenvalue weighted by Gasteiger charge is -2.27. The van der Waals surface area contributed by atoms with E-state index in [9.17, 15) is 9.18 Å². The van der Waals surface area contributed by atoms with E-state index in [-0.39, 0.29) is 5.92 Å². The molecule has 4 heteroatoms. The molecule has 0 aliphatic heterocycles. The summed E-state index contributed by atoms with van der Waals surface area (Å²) >= 11 is 0. The van der Waals surface area contributed by atoms with Crippen molar-refractivity contribution in [1.82, 2.24) is 0 Å². The normalized spacial score (nSPS) is 20.6. The molecule has 0 spiro atoms. The number of hydrogen-bond donors (Lipinski definition) is 2. The van der Waals surface area contributed by atoms with Crippen LogP contribution < -0.4 is 5.73 Å². The van der Waals surface area contributed by atoms with E-state index >= 15 is 0 Å². The van der Waals surface area contributed by atoms with Crippen molar-refractivity contribution in [2.45, 2.75) is 31.4 Å². The first-order valence-corrected chi connectivity index (χ1v) is 5.70. The van der Waals surface area contributed by atoms with Gasteiger partial charge in [-0.3, -0.25) is 0 Å². The zero-order valence-electron chi connectivity index (χ0n) is 9.69. The van der Waals surface area contributed by atoms with Gasteiger partial charge in [-0.15, -0.1) is 0 Å². The van der Waals surface area contributed by atoms with Crippen molar-refractivity contribution in [2.24, 2.45) is 5.92 Å². The van der Waals surface area contributed by atoms with Crippen LogP contribution in [0, 0.1) is 5.92 Å². The predicted octanol–water partition coefficient (Wildman–Crippen LogP) is 2.58. The monoisotopic (exact) mass is 237 g/mol. The van der Waals surface area contributed by atoms with E-state index in [1.165, 1.54) is 0 Å². The summed E-state index contributed by atoms with van der Waals surface area (Å²) < 4.78 is 14.3. The maximum Gasteiger partial charge on any atom is 0.341 e. The number of anilines is 1. The highest BCUT2D eigenvalue weighted by Gasteiger charge is 2.50. The summed E-state index contributed by atoms with van der Waals surface area (Å²) in [5.41, 5.74) is 4.64. The lowest BCUT2D eigenvalue weighted by molar-refractivity contribution is -0.151. The number of carboxylic acid groups (broad SMARTS) is 1. The zero-order chi connectivity index (χ0) is 12.6. The molecule has 2 rings (SSSR count). The minimum Gasteiger partial charge on any atom is -0.479 e. The summed E-state index contributed by atoms with van der Waals surface area (Å²) in [7, 11) is 0. The summed E-state index contributed by atoms with van der Waals surface area (Å²) in [6, 6.07) is 6.87. The highest BCUT2D eigenvalue weighted by atomic mass is 19.1. The van der Waals surface area contributed by atoms with Crippen LogP contribution in [0.25, 0.3) is 0 Å². The second-order valence-corrected chi connectivity index (χ2v) is 4.87. The van der Waals surface area contributed by atoms with E-state index in [4.69, 9.17) is 10.8 Å². The van der Waals surface area contributed by atoms with Crippen LogP contribution in [0.1, 0.15) is 31.2 Å². The molecule has 0 aromatic heterocycles. The SMILES string of the molecule is CC(F)(C(=O)O)C(c1cccc(N)c1)C1CC1. The van der Waals surface area contributed by atoms with Gasteiger partial charge in [-0.25, -0.2) is 9.18 Å². The van der Waals surface area contributed by atoms with E-state index in [1.807, 2.05) is 0 Å². The Morgan fingerprint density at radius 2 is 2.24 bits per heavy atom. The second kappa shape index (κ2) is 4.02. The van der Waals surface area contributed by atoms with Gasteiger partial charge in [0.1, 0.15) is 0 Å². The Balaban J connectivity index is 2.39. The average Bonchev–Trinajstić information content (AvgIpc) is 3.01. The van der Waals surface area contributed by atoms with Gasteiger partial charge in [0, 0.05) is 11.6 Å². The van der Waals surface area contributed by atoms with Gasteiger partial charge in [-0.05, 0) is 43.4 Å². The Hall–Kier alpha value is -1.58. The molecule has 1 aliphatic rings. The Morgan fingerprint density at radius 3 is 2.71 bits per heavy atom. The minimum absolute atomic E-state index is 0.114. The molecule has 92 valence electrons. The summed E-state index contributed by atoms with van der Waals surface area (Å²) in [6.45, 7) is 1.14. The average molecular weight is 237 g/mol. The molecular formula is C13H16FNO2. The third-order valence-corrected chi connectivity index (χ3v) is 3.37. The third-order valence-electron chi connectivity index (χ3n) is 3.37. The number of carbonyl (C=O) groups is 1. The molecule has 1 aromatic carbocycles. The van der Waals surface area contributed by atoms with Gasteiger partial charge >= 0.3 is 5.97 Å². The summed E-state index contributed by atoms with van der Waals surface area (Å²) in [4.78, 5) is 11.0. The van der Waals surface area contributed by atoms with E-state index in [0.29, 0.717) is 11.3 Å². The van der Waals surface area contributed by atoms with E-state index in [2.05, 4.69) is 0 Å². The first kappa shape index (κ1) is 11.9. The molecule has 17 heavy (non-hydrogen) atoms. The summed E-state index contributed by atoms with van der Waals surface area (Å²) in [6.07, 6.45) is 1.76. The van der Waals surface area contributed by atoms with Crippen LogP contribution in [0.5, 0.6) is 0 Å². The number of rotatable bonds is 4. The van der Waals surface area contributed by atoms with Gasteiger partial charge in [0.25, 0.3) is 0 Å². The molecule has 2 unspecified atom stereocenters. The molecule has 0 amide bonds. The van der Waals surface area contributed by atoms with Crippen LogP contribution in [0.4, 0.5) is 10.1 Å². The number of hydrogen-bond acceptors (Lipinski definition) is 2. The van der Waals surface area contributed by atoms with Crippen molar-refractivity contribution in [1.29, 1.82) is 0 Å². The topological polar surface area (TPSA) is 63.3 Å². The quantitative estimate of drug-likeness (QED) is 0.791. The Morgan fingerprint density at radius 1 is 1.59 bits per heavy atom. The fourth-order valence-electron chi connectivity index (χ4n) is 2.34. The molecule has 1 fully saturated rings. The Labute approximate surface area is 99.4 Å². The smallest absolute Gasteiger partial charge is 0.341 e. The molecule has 0 radical (unpaired) electrons. The molecule has 1 saturated carbocycles. The van der Waals surface area contributed by atoms with Crippen molar-refractivity contribution in [3.63, 3.8) is 0 Å². The van der Waals surface area contributed by atoms with E-state index < -0.39 is 17.6 Å². The van der Waals surface area contributed by atoms with Crippen molar-refractivity contribution in [3.05, 3.63) is 29.8 Å². The molecule has 3 N–H and O–H groups in total. The van der Waals surface area contributed by atoms with Crippen LogP contribution in [0.3, 0.4) is 0 Å². The molecule has 3 nitrogen and oxygen atoms in total. The number of alkyl halides is 1. The van der Waals surface area contributed by atoms with E-state index in [0.717, 1.165) is 19.8 Å². The third kappa shape index (κ3) is 2.25. The van der Waals surface area contributed by atoms with E-state index in [1.54, 1.807) is 24.3 Å². The number of nitrogens with two attached hydrogens (primary N) is 1. The van der Waals surface area contributed by atoms with Crippen LogP contribution in [0.2, 0.25) is 0 Å². The highest BCUT2D eigenvalue weighted by molar-refractivity contribution is 5.78. The maximum absolute atomic E-state index is 14.3. The van der Waals surface area contributed by atoms with Gasteiger partial charge < -0.3 is 10.8 Å². The van der Waals surface area contributed by atoms with Crippen LogP contribution in [-0.2, 0) is 4.79 Å². The Bertz CT molecular complexity index is 441. The van der Waals surface area contributed by atoms with Crippen LogP contribution in [0.15, 0.2) is 24.3 Å². The Kier molecular flexibility index (Phi) is 2.81. The fraction of sp³-hybridized carbons (Fsp3) is 0.462. The van der Waals surface area contributed by atoms with Gasteiger partial charge in [0.15, 0.2) is 0 Å². The number of benzene rings is 1. The van der Waals surface area contributed by atoms with Gasteiger partial charge in [0.05, 0.1) is 0 Å². The highest BCUT2D eigenvalue weighted by Crippen LogP contribution is 2.49. The van der Waals surface area contributed by atoms with Gasteiger partial charge in [-0.1, -0.05) is 12.1 Å². The number of halogens is 1. The fourth-order valence-corrected chi connectivity index (χ4v) is 2.34. The van der Waals surface area contributed by atoms with Crippen molar-refractivity contribution >= 4 is 11.7 Å². The molecule has 1 aliphatic carbocycles. The number of carboxylic acids is 1. The number of nitrogen functional groups attached to an aromatic ring is 1. The largest absolute Gasteiger partial charge is 0.479 e. The standard InChI is InChI=1S/C13H16FNO2/c1-13(14,12(16)17)11(8-5-6-8)9-3-2-4-10(15)7-9/h2-4,7-8,11H,5-6,15H2,1H3,(H,16,17). The number of aliphatic carboxylic acids is 1. The van der Waals surface area contributed by atoms with Crippen LogP contribution in [-0.4, -0.2) is 16.7 Å². The predicted molar refractivity (Wildman–Crippen MR) is 63.5 cm³/mol. The minimum atomic E-state index is -2.24. The van der Waals surface area contributed by atoms with Crippen molar-refractivity contribution in [3.8, 4) is 0 Å². The molecule has 2 atom stereocenters.